The predicted octanol–water partition coefficient (Wildman–Crippen LogP) is 3.88. The second-order valence-electron chi connectivity index (χ2n) is 5.95. The molecule has 6 nitrogen and oxygen atoms in total. The minimum atomic E-state index is -0.0479. The van der Waals surface area contributed by atoms with Crippen molar-refractivity contribution >= 4 is 17.4 Å². The zero-order valence-electron chi connectivity index (χ0n) is 15.7. The highest BCUT2D eigenvalue weighted by atomic mass is 16.5. The minimum Gasteiger partial charge on any atom is -0.493 e. The number of hydrogen-bond acceptors (Lipinski definition) is 5. The van der Waals surface area contributed by atoms with Crippen molar-refractivity contribution in [3.63, 3.8) is 0 Å². The van der Waals surface area contributed by atoms with E-state index in [1.807, 2.05) is 30.3 Å². The Morgan fingerprint density at radius 3 is 2.58 bits per heavy atom. The second kappa shape index (κ2) is 10.3. The summed E-state index contributed by atoms with van der Waals surface area (Å²) in [5.74, 6) is 2.12. The molecule has 0 atom stereocenters. The number of aryl methyl sites for hydroxylation is 1. The number of ether oxygens (including phenoxy) is 2. The summed E-state index contributed by atoms with van der Waals surface area (Å²) in [4.78, 5) is 16.5. The molecule has 0 bridgehead atoms. The predicted molar refractivity (Wildman–Crippen MR) is 104 cm³/mol. The van der Waals surface area contributed by atoms with E-state index in [9.17, 15) is 4.79 Å². The molecule has 1 aromatic heterocycles. The van der Waals surface area contributed by atoms with Gasteiger partial charge in [-0.2, -0.15) is 0 Å². The standard InChI is InChI=1S/C20H27N3O3/c1-4-5-12-21-19-10-8-16(14-22-19)23-20(24)11-7-15-6-9-17(25-2)18(13-15)26-3/h6,8-10,13-14H,4-5,7,11-12H2,1-3H3,(H,21,22)(H,23,24). The zero-order chi connectivity index (χ0) is 18.8. The monoisotopic (exact) mass is 357 g/mol. The molecule has 0 aliphatic heterocycles. The number of carbonyl (C=O) groups is 1. The molecule has 0 aliphatic carbocycles. The molecule has 1 heterocycles. The Kier molecular flexibility index (Phi) is 7.74. The molecule has 2 N–H and O–H groups in total. The average molecular weight is 357 g/mol. The lowest BCUT2D eigenvalue weighted by Crippen LogP contribution is -2.13. The molecule has 1 amide bonds. The van der Waals surface area contributed by atoms with Crippen LogP contribution in [0, 0.1) is 0 Å². The van der Waals surface area contributed by atoms with Crippen molar-refractivity contribution in [3.05, 3.63) is 42.1 Å². The third-order valence-electron chi connectivity index (χ3n) is 3.97. The number of methoxy groups -OCH3 is 2. The Morgan fingerprint density at radius 2 is 1.92 bits per heavy atom. The summed E-state index contributed by atoms with van der Waals surface area (Å²) in [5, 5.41) is 6.12. The summed E-state index contributed by atoms with van der Waals surface area (Å²) in [7, 11) is 3.20. The summed E-state index contributed by atoms with van der Waals surface area (Å²) in [6.07, 6.45) is 4.92. The van der Waals surface area contributed by atoms with E-state index in [0.717, 1.165) is 30.8 Å². The van der Waals surface area contributed by atoms with Gasteiger partial charge in [-0.25, -0.2) is 4.98 Å². The molecule has 2 rings (SSSR count). The molecule has 2 aromatic rings. The van der Waals surface area contributed by atoms with Crippen LogP contribution in [0.2, 0.25) is 0 Å². The fourth-order valence-electron chi connectivity index (χ4n) is 2.48. The first-order chi connectivity index (χ1) is 12.7. The molecule has 0 unspecified atom stereocenters. The largest absolute Gasteiger partial charge is 0.493 e. The summed E-state index contributed by atoms with van der Waals surface area (Å²) in [6, 6.07) is 9.41. The average Bonchev–Trinajstić information content (AvgIpc) is 2.67. The maximum absolute atomic E-state index is 12.1. The number of benzene rings is 1. The van der Waals surface area contributed by atoms with E-state index in [1.54, 1.807) is 20.4 Å². The smallest absolute Gasteiger partial charge is 0.224 e. The number of unbranched alkanes of at least 4 members (excludes halogenated alkanes) is 1. The van der Waals surface area contributed by atoms with E-state index >= 15 is 0 Å². The lowest BCUT2D eigenvalue weighted by atomic mass is 10.1. The number of carbonyl (C=O) groups excluding carboxylic acids is 1. The third-order valence-corrected chi connectivity index (χ3v) is 3.97. The van der Waals surface area contributed by atoms with Crippen LogP contribution in [0.4, 0.5) is 11.5 Å². The third kappa shape index (κ3) is 5.95. The highest BCUT2D eigenvalue weighted by Gasteiger charge is 2.07. The fourth-order valence-corrected chi connectivity index (χ4v) is 2.48. The molecule has 1 aromatic carbocycles. The van der Waals surface area contributed by atoms with Crippen molar-refractivity contribution in [1.29, 1.82) is 0 Å². The van der Waals surface area contributed by atoms with Crippen LogP contribution in [0.5, 0.6) is 11.5 Å². The van der Waals surface area contributed by atoms with E-state index in [-0.39, 0.29) is 5.91 Å². The van der Waals surface area contributed by atoms with Gasteiger partial charge in [-0.15, -0.1) is 0 Å². The molecule has 26 heavy (non-hydrogen) atoms. The first-order valence-corrected chi connectivity index (χ1v) is 8.87. The van der Waals surface area contributed by atoms with Crippen LogP contribution < -0.4 is 20.1 Å². The van der Waals surface area contributed by atoms with Gasteiger partial charge < -0.3 is 20.1 Å². The van der Waals surface area contributed by atoms with E-state index < -0.39 is 0 Å². The van der Waals surface area contributed by atoms with Gasteiger partial charge in [-0.05, 0) is 42.7 Å². The summed E-state index contributed by atoms with van der Waals surface area (Å²) < 4.78 is 10.5. The lowest BCUT2D eigenvalue weighted by Gasteiger charge is -2.10. The zero-order valence-corrected chi connectivity index (χ0v) is 15.7. The van der Waals surface area contributed by atoms with Gasteiger partial charge in [-0.3, -0.25) is 4.79 Å². The quantitative estimate of drug-likeness (QED) is 0.631. The van der Waals surface area contributed by atoms with Crippen LogP contribution >= 0.6 is 0 Å². The number of nitrogens with one attached hydrogen (secondary N) is 2. The minimum absolute atomic E-state index is 0.0479. The maximum atomic E-state index is 12.1. The van der Waals surface area contributed by atoms with Crippen molar-refractivity contribution in [1.82, 2.24) is 4.98 Å². The molecule has 140 valence electrons. The van der Waals surface area contributed by atoms with E-state index in [0.29, 0.717) is 30.0 Å². The van der Waals surface area contributed by atoms with Crippen LogP contribution in [-0.4, -0.2) is 31.7 Å². The number of nitrogens with zero attached hydrogens (tertiary/aromatic N) is 1. The van der Waals surface area contributed by atoms with Crippen molar-refractivity contribution in [3.8, 4) is 11.5 Å². The molecular formula is C20H27N3O3. The summed E-state index contributed by atoms with van der Waals surface area (Å²) >= 11 is 0. The number of anilines is 2. The van der Waals surface area contributed by atoms with Crippen molar-refractivity contribution < 1.29 is 14.3 Å². The molecule has 0 saturated heterocycles. The Balaban J connectivity index is 1.83. The molecule has 0 fully saturated rings. The van der Waals surface area contributed by atoms with Crippen LogP contribution in [0.3, 0.4) is 0 Å². The van der Waals surface area contributed by atoms with Gasteiger partial charge in [0.1, 0.15) is 5.82 Å². The van der Waals surface area contributed by atoms with Crippen LogP contribution in [0.25, 0.3) is 0 Å². The first-order valence-electron chi connectivity index (χ1n) is 8.87. The van der Waals surface area contributed by atoms with E-state index in [2.05, 4.69) is 22.5 Å². The lowest BCUT2D eigenvalue weighted by molar-refractivity contribution is -0.116. The maximum Gasteiger partial charge on any atom is 0.224 e. The van der Waals surface area contributed by atoms with Gasteiger partial charge in [0.05, 0.1) is 26.1 Å². The van der Waals surface area contributed by atoms with Crippen LogP contribution in [0.15, 0.2) is 36.5 Å². The fraction of sp³-hybridized carbons (Fsp3) is 0.400. The second-order valence-corrected chi connectivity index (χ2v) is 5.95. The summed E-state index contributed by atoms with van der Waals surface area (Å²) in [6.45, 7) is 3.05. The molecule has 0 radical (unpaired) electrons. The number of aromatic nitrogens is 1. The van der Waals surface area contributed by atoms with Gasteiger partial charge in [0.15, 0.2) is 11.5 Å². The highest BCUT2D eigenvalue weighted by molar-refractivity contribution is 5.90. The van der Waals surface area contributed by atoms with E-state index in [1.165, 1.54) is 0 Å². The van der Waals surface area contributed by atoms with Crippen molar-refractivity contribution in [2.24, 2.45) is 0 Å². The summed E-state index contributed by atoms with van der Waals surface area (Å²) in [5.41, 5.74) is 1.72. The Morgan fingerprint density at radius 1 is 1.12 bits per heavy atom. The van der Waals surface area contributed by atoms with Gasteiger partial charge in [0.2, 0.25) is 5.91 Å². The van der Waals surface area contributed by atoms with Crippen LogP contribution in [-0.2, 0) is 11.2 Å². The SMILES string of the molecule is CCCCNc1ccc(NC(=O)CCc2ccc(OC)c(OC)c2)cn1. The van der Waals surface area contributed by atoms with Crippen molar-refractivity contribution in [2.75, 3.05) is 31.4 Å². The molecule has 0 saturated carbocycles. The number of pyridine rings is 1. The van der Waals surface area contributed by atoms with Gasteiger partial charge >= 0.3 is 0 Å². The number of hydrogen-bond donors (Lipinski definition) is 2. The topological polar surface area (TPSA) is 72.5 Å². The molecule has 0 spiro atoms. The normalized spacial score (nSPS) is 10.3. The Labute approximate surface area is 154 Å². The Bertz CT molecular complexity index is 702. The van der Waals surface area contributed by atoms with Crippen molar-refractivity contribution in [2.45, 2.75) is 32.6 Å². The molecule has 6 heteroatoms. The Hall–Kier alpha value is -2.76. The number of rotatable bonds is 10. The van der Waals surface area contributed by atoms with Gasteiger partial charge in [0.25, 0.3) is 0 Å². The van der Waals surface area contributed by atoms with Gasteiger partial charge in [0, 0.05) is 13.0 Å². The highest BCUT2D eigenvalue weighted by Crippen LogP contribution is 2.28. The van der Waals surface area contributed by atoms with E-state index in [4.69, 9.17) is 9.47 Å². The molecular weight excluding hydrogens is 330 g/mol. The number of amides is 1. The first kappa shape index (κ1) is 19.6. The van der Waals surface area contributed by atoms with Gasteiger partial charge in [-0.1, -0.05) is 19.4 Å². The van der Waals surface area contributed by atoms with Crippen LogP contribution in [0.1, 0.15) is 31.7 Å². The molecule has 0 aliphatic rings.